The average molecular weight is 314 g/mol. The van der Waals surface area contributed by atoms with Gasteiger partial charge in [0.05, 0.1) is 0 Å². The van der Waals surface area contributed by atoms with E-state index in [1.54, 1.807) is 0 Å². The lowest BCUT2D eigenvalue weighted by Crippen LogP contribution is -2.40. The highest BCUT2D eigenvalue weighted by molar-refractivity contribution is 5.89. The first kappa shape index (κ1) is 17.5. The zero-order chi connectivity index (χ0) is 17.1. The molecule has 1 aromatic carbocycles. The first-order valence-electron chi connectivity index (χ1n) is 8.17. The van der Waals surface area contributed by atoms with Crippen LogP contribution in [0.1, 0.15) is 44.7 Å². The Labute approximate surface area is 138 Å². The van der Waals surface area contributed by atoms with Gasteiger partial charge in [0.1, 0.15) is 0 Å². The van der Waals surface area contributed by atoms with E-state index >= 15 is 0 Å². The molecule has 0 heterocycles. The molecule has 0 fully saturated rings. The highest BCUT2D eigenvalue weighted by atomic mass is 16.5. The number of hydrogen-bond donors (Lipinski definition) is 0. The fourth-order valence-electron chi connectivity index (χ4n) is 3.01. The Kier molecular flexibility index (Phi) is 5.08. The Hall–Kier alpha value is -1.90. The molecule has 0 saturated heterocycles. The molecule has 0 aliphatic heterocycles. The second kappa shape index (κ2) is 6.69. The molecule has 1 aromatic rings. The number of carbonyl (C=O) groups is 2. The van der Waals surface area contributed by atoms with Gasteiger partial charge in [-0.3, -0.25) is 9.59 Å². The van der Waals surface area contributed by atoms with E-state index in [1.807, 2.05) is 44.2 Å². The van der Waals surface area contributed by atoms with Crippen molar-refractivity contribution in [1.29, 1.82) is 0 Å². The van der Waals surface area contributed by atoms with Gasteiger partial charge in [0.2, 0.25) is 0 Å². The Balaban J connectivity index is 1.83. The van der Waals surface area contributed by atoms with Crippen molar-refractivity contribution in [3.63, 3.8) is 0 Å². The minimum atomic E-state index is -0.483. The smallest absolute Gasteiger partial charge is 0.306 e. The van der Waals surface area contributed by atoms with E-state index in [0.717, 1.165) is 5.56 Å². The Morgan fingerprint density at radius 3 is 2.48 bits per heavy atom. The summed E-state index contributed by atoms with van der Waals surface area (Å²) in [7, 11) is 0. The molecule has 0 N–H and O–H groups in total. The van der Waals surface area contributed by atoms with Gasteiger partial charge in [-0.2, -0.15) is 0 Å². The fourth-order valence-corrected chi connectivity index (χ4v) is 3.01. The van der Waals surface area contributed by atoms with Crippen molar-refractivity contribution in [3.8, 4) is 0 Å². The maximum absolute atomic E-state index is 12.5. The van der Waals surface area contributed by atoms with Gasteiger partial charge >= 0.3 is 5.97 Å². The van der Waals surface area contributed by atoms with Crippen molar-refractivity contribution in [2.24, 2.45) is 10.8 Å². The number of esters is 1. The molecule has 0 bridgehead atoms. The van der Waals surface area contributed by atoms with Crippen molar-refractivity contribution < 1.29 is 14.3 Å². The molecule has 1 aliphatic carbocycles. The number of rotatable bonds is 6. The quantitative estimate of drug-likeness (QED) is 0.588. The van der Waals surface area contributed by atoms with Gasteiger partial charge in [-0.05, 0) is 36.3 Å². The van der Waals surface area contributed by atoms with Crippen LogP contribution in [0.4, 0.5) is 0 Å². The molecule has 0 aromatic heterocycles. The standard InChI is InChI=1S/C20H26O3/c1-15-8-5-6-9-16(15)10-11-18(22)23-14-17(21)20(4)13-7-12-19(20,2)3/h5-9,12H,10-11,13-14H2,1-4H3/t20-/m1/s1. The minimum Gasteiger partial charge on any atom is -0.458 e. The van der Waals surface area contributed by atoms with Crippen LogP contribution in [0.25, 0.3) is 0 Å². The molecule has 0 spiro atoms. The maximum Gasteiger partial charge on any atom is 0.306 e. The molecule has 1 atom stereocenters. The second-order valence-electron chi connectivity index (χ2n) is 7.17. The van der Waals surface area contributed by atoms with Gasteiger partial charge in [0.25, 0.3) is 0 Å². The number of ketones is 1. The molecule has 0 amide bonds. The molecule has 3 heteroatoms. The van der Waals surface area contributed by atoms with E-state index < -0.39 is 5.41 Å². The second-order valence-corrected chi connectivity index (χ2v) is 7.17. The third kappa shape index (κ3) is 3.72. The maximum atomic E-state index is 12.5. The molecule has 23 heavy (non-hydrogen) atoms. The number of carbonyl (C=O) groups excluding carboxylic acids is 2. The Bertz CT molecular complexity index is 628. The predicted molar refractivity (Wildman–Crippen MR) is 91.1 cm³/mol. The zero-order valence-corrected chi connectivity index (χ0v) is 14.5. The SMILES string of the molecule is Cc1ccccc1CCC(=O)OCC(=O)[C@@]1(C)CC=CC1(C)C. The summed E-state index contributed by atoms with van der Waals surface area (Å²) in [5.74, 6) is -0.314. The lowest BCUT2D eigenvalue weighted by molar-refractivity contribution is -0.152. The molecular weight excluding hydrogens is 288 g/mol. The van der Waals surface area contributed by atoms with Gasteiger partial charge in [-0.1, -0.05) is 57.2 Å². The summed E-state index contributed by atoms with van der Waals surface area (Å²) in [6, 6.07) is 7.99. The van der Waals surface area contributed by atoms with Crippen molar-refractivity contribution in [2.75, 3.05) is 6.61 Å². The number of ether oxygens (including phenoxy) is 1. The molecular formula is C20H26O3. The molecule has 0 radical (unpaired) electrons. The van der Waals surface area contributed by atoms with E-state index in [4.69, 9.17) is 4.74 Å². The van der Waals surface area contributed by atoms with E-state index in [-0.39, 0.29) is 23.8 Å². The van der Waals surface area contributed by atoms with Crippen molar-refractivity contribution in [3.05, 3.63) is 47.5 Å². The third-order valence-electron chi connectivity index (χ3n) is 5.32. The summed E-state index contributed by atoms with van der Waals surface area (Å²) in [6.45, 7) is 7.95. The average Bonchev–Trinajstić information content (AvgIpc) is 2.78. The first-order chi connectivity index (χ1) is 10.8. The topological polar surface area (TPSA) is 43.4 Å². The van der Waals surface area contributed by atoms with Crippen LogP contribution in [-0.4, -0.2) is 18.4 Å². The third-order valence-corrected chi connectivity index (χ3v) is 5.32. The van der Waals surface area contributed by atoms with Crippen LogP contribution in [0, 0.1) is 17.8 Å². The van der Waals surface area contributed by atoms with Crippen molar-refractivity contribution in [2.45, 2.75) is 47.0 Å². The van der Waals surface area contributed by atoms with Gasteiger partial charge < -0.3 is 4.74 Å². The van der Waals surface area contributed by atoms with Crippen LogP contribution in [0.5, 0.6) is 0 Å². The molecule has 2 rings (SSSR count). The van der Waals surface area contributed by atoms with Crippen LogP contribution >= 0.6 is 0 Å². The van der Waals surface area contributed by atoms with Gasteiger partial charge in [0, 0.05) is 11.8 Å². The molecule has 124 valence electrons. The monoisotopic (exact) mass is 314 g/mol. The summed E-state index contributed by atoms with van der Waals surface area (Å²) < 4.78 is 5.22. The summed E-state index contributed by atoms with van der Waals surface area (Å²) in [5.41, 5.74) is 1.63. The Morgan fingerprint density at radius 2 is 1.87 bits per heavy atom. The van der Waals surface area contributed by atoms with E-state index in [2.05, 4.69) is 19.9 Å². The molecule has 1 aliphatic rings. The highest BCUT2D eigenvalue weighted by Gasteiger charge is 2.47. The zero-order valence-electron chi connectivity index (χ0n) is 14.5. The molecule has 0 saturated carbocycles. The van der Waals surface area contributed by atoms with Crippen LogP contribution < -0.4 is 0 Å². The summed E-state index contributed by atoms with van der Waals surface area (Å²) in [6.07, 6.45) is 5.77. The highest BCUT2D eigenvalue weighted by Crippen LogP contribution is 2.48. The van der Waals surface area contributed by atoms with Gasteiger partial charge in [-0.15, -0.1) is 0 Å². The van der Waals surface area contributed by atoms with E-state index in [1.165, 1.54) is 5.56 Å². The number of Topliss-reactive ketones (excluding diaryl/α,β-unsaturated/α-hetero) is 1. The van der Waals surface area contributed by atoms with Crippen LogP contribution in [0.2, 0.25) is 0 Å². The normalized spacial score (nSPS) is 22.1. The van der Waals surface area contributed by atoms with Gasteiger partial charge in [-0.25, -0.2) is 0 Å². The van der Waals surface area contributed by atoms with Crippen molar-refractivity contribution >= 4 is 11.8 Å². The number of allylic oxidation sites excluding steroid dienone is 2. The van der Waals surface area contributed by atoms with Crippen LogP contribution in [-0.2, 0) is 20.7 Å². The molecule has 0 unspecified atom stereocenters. The lowest BCUT2D eigenvalue weighted by Gasteiger charge is -2.36. The lowest BCUT2D eigenvalue weighted by atomic mass is 9.66. The summed E-state index contributed by atoms with van der Waals surface area (Å²) in [5, 5.41) is 0. The fraction of sp³-hybridized carbons (Fsp3) is 0.500. The van der Waals surface area contributed by atoms with Crippen LogP contribution in [0.15, 0.2) is 36.4 Å². The number of benzene rings is 1. The van der Waals surface area contributed by atoms with Gasteiger partial charge in [0.15, 0.2) is 12.4 Å². The molecule has 3 nitrogen and oxygen atoms in total. The summed E-state index contributed by atoms with van der Waals surface area (Å²) in [4.78, 5) is 24.4. The van der Waals surface area contributed by atoms with Crippen LogP contribution in [0.3, 0.4) is 0 Å². The van der Waals surface area contributed by atoms with E-state index in [0.29, 0.717) is 19.3 Å². The van der Waals surface area contributed by atoms with E-state index in [9.17, 15) is 9.59 Å². The Morgan fingerprint density at radius 1 is 1.17 bits per heavy atom. The first-order valence-corrected chi connectivity index (χ1v) is 8.17. The largest absolute Gasteiger partial charge is 0.458 e. The predicted octanol–water partition coefficient (Wildman–Crippen LogP) is 4.03. The minimum absolute atomic E-state index is 0.00302. The number of hydrogen-bond acceptors (Lipinski definition) is 3. The number of aryl methyl sites for hydroxylation is 2. The van der Waals surface area contributed by atoms with Crippen molar-refractivity contribution in [1.82, 2.24) is 0 Å². The summed E-state index contributed by atoms with van der Waals surface area (Å²) >= 11 is 0.